The molecule has 0 unspecified atom stereocenters. The quantitative estimate of drug-likeness (QED) is 0.622. The summed E-state index contributed by atoms with van der Waals surface area (Å²) in [7, 11) is 0. The van der Waals surface area contributed by atoms with Gasteiger partial charge in [-0.15, -0.1) is 10.2 Å². The van der Waals surface area contributed by atoms with Crippen molar-refractivity contribution in [1.82, 2.24) is 24.6 Å². The molecule has 30 heavy (non-hydrogen) atoms. The summed E-state index contributed by atoms with van der Waals surface area (Å²) in [6.45, 7) is 8.12. The Balaban J connectivity index is 1.55. The van der Waals surface area contributed by atoms with E-state index in [0.717, 1.165) is 62.1 Å². The molecule has 0 N–H and O–H groups in total. The van der Waals surface area contributed by atoms with Crippen molar-refractivity contribution >= 4 is 17.7 Å². The van der Waals surface area contributed by atoms with Crippen LogP contribution in [-0.2, 0) is 11.3 Å². The van der Waals surface area contributed by atoms with Crippen LogP contribution < -0.4 is 0 Å². The number of rotatable bonds is 7. The number of carbonyl (C=O) groups excluding carboxylic acids is 1. The number of piperidine rings is 1. The second-order valence-corrected chi connectivity index (χ2v) is 9.71. The van der Waals surface area contributed by atoms with E-state index in [4.69, 9.17) is 0 Å². The molecule has 3 heterocycles. The highest BCUT2D eigenvalue weighted by Crippen LogP contribution is 2.29. The second kappa shape index (κ2) is 9.96. The van der Waals surface area contributed by atoms with Crippen LogP contribution in [0.5, 0.6) is 0 Å². The Morgan fingerprint density at radius 2 is 1.83 bits per heavy atom. The van der Waals surface area contributed by atoms with Crippen molar-refractivity contribution in [2.45, 2.75) is 75.4 Å². The largest absolute Gasteiger partial charge is 0.339 e. The molecular formula is C23H33N5OS. The summed E-state index contributed by atoms with van der Waals surface area (Å²) in [4.78, 5) is 17.8. The Kier molecular flexibility index (Phi) is 7.10. The zero-order valence-corrected chi connectivity index (χ0v) is 19.0. The molecule has 2 aliphatic heterocycles. The average molecular weight is 428 g/mol. The number of hydrogen-bond donors (Lipinski definition) is 0. The van der Waals surface area contributed by atoms with Crippen molar-refractivity contribution in [3.8, 4) is 5.69 Å². The van der Waals surface area contributed by atoms with Gasteiger partial charge in [0.05, 0.1) is 11.8 Å². The molecule has 2 atom stereocenters. The number of nitrogens with zero attached hydrogens (tertiary/aromatic N) is 5. The van der Waals surface area contributed by atoms with E-state index in [2.05, 4.69) is 43.6 Å². The molecule has 0 saturated carbocycles. The Morgan fingerprint density at radius 1 is 1.10 bits per heavy atom. The van der Waals surface area contributed by atoms with E-state index in [1.54, 1.807) is 0 Å². The molecule has 6 nitrogen and oxygen atoms in total. The smallest absolute Gasteiger partial charge is 0.236 e. The highest BCUT2D eigenvalue weighted by Gasteiger charge is 2.30. The summed E-state index contributed by atoms with van der Waals surface area (Å²) >= 11 is 1.54. The normalized spacial score (nSPS) is 21.1. The van der Waals surface area contributed by atoms with Crippen LogP contribution in [-0.4, -0.2) is 61.4 Å². The predicted octanol–water partition coefficient (Wildman–Crippen LogP) is 4.13. The third-order valence-corrected chi connectivity index (χ3v) is 7.32. The van der Waals surface area contributed by atoms with E-state index in [9.17, 15) is 4.79 Å². The van der Waals surface area contributed by atoms with Gasteiger partial charge in [-0.1, -0.05) is 36.9 Å². The fourth-order valence-electron chi connectivity index (χ4n) is 4.61. The van der Waals surface area contributed by atoms with Crippen LogP contribution in [0.15, 0.2) is 35.5 Å². The molecule has 0 radical (unpaired) electrons. The number of para-hydroxylation sites is 1. The summed E-state index contributed by atoms with van der Waals surface area (Å²) in [5.74, 6) is 1.19. The minimum atomic E-state index is -0.177. The van der Waals surface area contributed by atoms with E-state index in [-0.39, 0.29) is 11.2 Å². The molecule has 2 saturated heterocycles. The van der Waals surface area contributed by atoms with Crippen molar-refractivity contribution in [3.63, 3.8) is 0 Å². The third kappa shape index (κ3) is 4.72. The fourth-order valence-corrected chi connectivity index (χ4v) is 5.57. The van der Waals surface area contributed by atoms with Gasteiger partial charge in [0.15, 0.2) is 11.0 Å². The van der Waals surface area contributed by atoms with Crippen molar-refractivity contribution < 1.29 is 4.79 Å². The fraction of sp³-hybridized carbons (Fsp3) is 0.609. The molecule has 0 bridgehead atoms. The van der Waals surface area contributed by atoms with Crippen molar-refractivity contribution in [2.24, 2.45) is 0 Å². The number of amides is 1. The number of benzene rings is 1. The summed E-state index contributed by atoms with van der Waals surface area (Å²) in [6.07, 6.45) is 7.00. The van der Waals surface area contributed by atoms with Gasteiger partial charge in [-0.05, 0) is 70.7 Å². The first kappa shape index (κ1) is 21.4. The molecule has 1 amide bonds. The standard InChI is InChI=1S/C23H33N5OS/c1-3-19-11-7-8-16-27(19)22(29)18(2)30-23-25-24-21(17-26-14-9-10-15-26)28(23)20-12-5-4-6-13-20/h4-6,12-13,18-19H,3,7-11,14-17H2,1-2H3/t18-,19-/m1/s1. The number of aromatic nitrogens is 3. The zero-order chi connectivity index (χ0) is 20.9. The molecule has 162 valence electrons. The van der Waals surface area contributed by atoms with Gasteiger partial charge in [-0.2, -0.15) is 0 Å². The number of likely N-dealkylation sites (tertiary alicyclic amines) is 2. The third-order valence-electron chi connectivity index (χ3n) is 6.29. The number of thioether (sulfide) groups is 1. The maximum atomic E-state index is 13.2. The summed E-state index contributed by atoms with van der Waals surface area (Å²) in [6, 6.07) is 10.7. The molecule has 0 aliphatic carbocycles. The predicted molar refractivity (Wildman–Crippen MR) is 121 cm³/mol. The second-order valence-electron chi connectivity index (χ2n) is 8.40. The lowest BCUT2D eigenvalue weighted by Gasteiger charge is -2.36. The summed E-state index contributed by atoms with van der Waals surface area (Å²) in [5, 5.41) is 9.69. The maximum Gasteiger partial charge on any atom is 0.236 e. The van der Waals surface area contributed by atoms with Gasteiger partial charge in [0, 0.05) is 18.3 Å². The molecule has 2 aromatic rings. The SMILES string of the molecule is CC[C@@H]1CCCCN1C(=O)[C@@H](C)Sc1nnc(CN2CCCC2)n1-c1ccccc1. The Bertz CT molecular complexity index is 833. The molecule has 2 fully saturated rings. The van der Waals surface area contributed by atoms with Crippen LogP contribution in [0.4, 0.5) is 0 Å². The van der Waals surface area contributed by atoms with E-state index < -0.39 is 0 Å². The van der Waals surface area contributed by atoms with Crippen molar-refractivity contribution in [3.05, 3.63) is 36.2 Å². The van der Waals surface area contributed by atoms with E-state index in [0.29, 0.717) is 6.04 Å². The Morgan fingerprint density at radius 3 is 2.57 bits per heavy atom. The Hall–Kier alpha value is -1.86. The van der Waals surface area contributed by atoms with E-state index in [1.807, 2.05) is 25.1 Å². The van der Waals surface area contributed by atoms with Gasteiger partial charge in [0.25, 0.3) is 0 Å². The van der Waals surface area contributed by atoms with Crippen LogP contribution in [0.1, 0.15) is 58.2 Å². The highest BCUT2D eigenvalue weighted by molar-refractivity contribution is 8.00. The highest BCUT2D eigenvalue weighted by atomic mass is 32.2. The van der Waals surface area contributed by atoms with E-state index >= 15 is 0 Å². The van der Waals surface area contributed by atoms with Gasteiger partial charge < -0.3 is 4.90 Å². The minimum Gasteiger partial charge on any atom is -0.339 e. The molecule has 4 rings (SSSR count). The monoisotopic (exact) mass is 427 g/mol. The van der Waals surface area contributed by atoms with Gasteiger partial charge in [-0.25, -0.2) is 0 Å². The minimum absolute atomic E-state index is 0.177. The number of carbonyl (C=O) groups is 1. The lowest BCUT2D eigenvalue weighted by Crippen LogP contribution is -2.46. The van der Waals surface area contributed by atoms with Gasteiger partial charge >= 0.3 is 0 Å². The van der Waals surface area contributed by atoms with Crippen molar-refractivity contribution in [2.75, 3.05) is 19.6 Å². The summed E-state index contributed by atoms with van der Waals surface area (Å²) in [5.41, 5.74) is 1.06. The lowest BCUT2D eigenvalue weighted by molar-refractivity contribution is -0.134. The van der Waals surface area contributed by atoms with Crippen LogP contribution in [0.25, 0.3) is 5.69 Å². The van der Waals surface area contributed by atoms with Crippen LogP contribution >= 0.6 is 11.8 Å². The first-order chi connectivity index (χ1) is 14.7. The first-order valence-corrected chi connectivity index (χ1v) is 12.2. The molecular weight excluding hydrogens is 394 g/mol. The maximum absolute atomic E-state index is 13.2. The van der Waals surface area contributed by atoms with Crippen LogP contribution in [0, 0.1) is 0 Å². The van der Waals surface area contributed by atoms with Gasteiger partial charge in [0.1, 0.15) is 0 Å². The molecule has 0 spiro atoms. The van der Waals surface area contributed by atoms with Gasteiger partial charge in [-0.3, -0.25) is 14.3 Å². The molecule has 7 heteroatoms. The summed E-state index contributed by atoms with van der Waals surface area (Å²) < 4.78 is 2.14. The topological polar surface area (TPSA) is 54.3 Å². The van der Waals surface area contributed by atoms with Crippen molar-refractivity contribution in [1.29, 1.82) is 0 Å². The first-order valence-electron chi connectivity index (χ1n) is 11.4. The van der Waals surface area contributed by atoms with E-state index in [1.165, 1.54) is 31.0 Å². The molecule has 1 aromatic heterocycles. The Labute approximate surface area is 184 Å². The van der Waals surface area contributed by atoms with Crippen LogP contribution in [0.3, 0.4) is 0 Å². The van der Waals surface area contributed by atoms with Crippen LogP contribution in [0.2, 0.25) is 0 Å². The lowest BCUT2D eigenvalue weighted by atomic mass is 10.00. The molecule has 2 aliphatic rings. The molecule has 1 aromatic carbocycles. The zero-order valence-electron chi connectivity index (χ0n) is 18.2. The van der Waals surface area contributed by atoms with Gasteiger partial charge in [0.2, 0.25) is 5.91 Å². The average Bonchev–Trinajstić information content (AvgIpc) is 3.44. The number of hydrogen-bond acceptors (Lipinski definition) is 5.